The number of nitrogens with one attached hydrogen (secondary N) is 1. The second-order valence-corrected chi connectivity index (χ2v) is 6.18. The first-order valence-corrected chi connectivity index (χ1v) is 8.65. The second-order valence-electron chi connectivity index (χ2n) is 6.18. The number of amides is 2. The van der Waals surface area contributed by atoms with Gasteiger partial charge in [-0.05, 0) is 24.3 Å². The molecule has 0 fully saturated rings. The van der Waals surface area contributed by atoms with Crippen LogP contribution in [0.4, 0.5) is 0 Å². The maximum absolute atomic E-state index is 12.2. The van der Waals surface area contributed by atoms with Crippen molar-refractivity contribution in [2.24, 2.45) is 0 Å². The number of para-hydroxylation sites is 1. The lowest BCUT2D eigenvalue weighted by atomic mass is 10.1. The molecule has 1 aromatic carbocycles. The molecule has 2 heterocycles. The van der Waals surface area contributed by atoms with Crippen LogP contribution < -0.4 is 10.1 Å². The van der Waals surface area contributed by atoms with Gasteiger partial charge in [0.15, 0.2) is 6.61 Å². The summed E-state index contributed by atoms with van der Waals surface area (Å²) in [5.74, 6) is -0.160. The van der Waals surface area contributed by atoms with Crippen molar-refractivity contribution < 1.29 is 28.3 Å². The van der Waals surface area contributed by atoms with Gasteiger partial charge >= 0.3 is 5.97 Å². The van der Waals surface area contributed by atoms with E-state index in [1.165, 1.54) is 18.2 Å². The molecule has 8 nitrogen and oxygen atoms in total. The monoisotopic (exact) mass is 384 g/mol. The van der Waals surface area contributed by atoms with E-state index in [1.807, 2.05) is 24.3 Å². The second kappa shape index (κ2) is 8.90. The van der Waals surface area contributed by atoms with Crippen LogP contribution in [0.25, 0.3) is 6.08 Å². The largest absolute Gasteiger partial charge is 0.488 e. The van der Waals surface area contributed by atoms with Crippen molar-refractivity contribution in [3.63, 3.8) is 0 Å². The quantitative estimate of drug-likeness (QED) is 0.724. The lowest BCUT2D eigenvalue weighted by molar-refractivity contribution is -0.149. The van der Waals surface area contributed by atoms with Crippen LogP contribution in [0.5, 0.6) is 5.75 Å². The van der Waals surface area contributed by atoms with Crippen LogP contribution in [-0.2, 0) is 25.7 Å². The maximum atomic E-state index is 12.2. The van der Waals surface area contributed by atoms with Gasteiger partial charge in [-0.1, -0.05) is 18.2 Å². The van der Waals surface area contributed by atoms with Crippen molar-refractivity contribution in [2.75, 3.05) is 26.8 Å². The molecule has 1 aliphatic heterocycles. The Bertz CT molecular complexity index is 888. The first-order valence-electron chi connectivity index (χ1n) is 8.65. The van der Waals surface area contributed by atoms with Crippen molar-refractivity contribution in [1.82, 2.24) is 10.2 Å². The first kappa shape index (κ1) is 19.2. The van der Waals surface area contributed by atoms with Gasteiger partial charge in [-0.2, -0.15) is 0 Å². The number of ether oxygens (including phenoxy) is 2. The molecule has 1 N–H and O–H groups in total. The van der Waals surface area contributed by atoms with Gasteiger partial charge in [0.05, 0.1) is 24.9 Å². The van der Waals surface area contributed by atoms with Crippen molar-refractivity contribution >= 4 is 23.9 Å². The zero-order chi connectivity index (χ0) is 19.9. The Morgan fingerprint density at radius 2 is 2.00 bits per heavy atom. The Labute approximate surface area is 161 Å². The number of fused-ring (bicyclic) bond motifs is 1. The van der Waals surface area contributed by atoms with Crippen LogP contribution in [0.2, 0.25) is 0 Å². The van der Waals surface area contributed by atoms with Gasteiger partial charge in [0.25, 0.3) is 5.91 Å². The third kappa shape index (κ3) is 5.00. The molecule has 1 aromatic heterocycles. The summed E-state index contributed by atoms with van der Waals surface area (Å²) in [5.41, 5.74) is 1.10. The molecular weight excluding hydrogens is 364 g/mol. The van der Waals surface area contributed by atoms with Gasteiger partial charge in [-0.3, -0.25) is 9.59 Å². The predicted octanol–water partition coefficient (Wildman–Crippen LogP) is 1.37. The van der Waals surface area contributed by atoms with Crippen molar-refractivity contribution in [1.29, 1.82) is 0 Å². The summed E-state index contributed by atoms with van der Waals surface area (Å²) < 4.78 is 15.7. The van der Waals surface area contributed by atoms with Crippen LogP contribution >= 0.6 is 0 Å². The first-order chi connectivity index (χ1) is 13.5. The smallest absolute Gasteiger partial charge is 0.338 e. The van der Waals surface area contributed by atoms with E-state index in [-0.39, 0.29) is 25.6 Å². The van der Waals surface area contributed by atoms with Gasteiger partial charge in [0, 0.05) is 12.6 Å². The third-order valence-corrected chi connectivity index (χ3v) is 4.07. The number of esters is 1. The standard InChI is InChI=1S/C20H20N2O6/c1-22(11-18(23)21-10-16-6-4-8-26-16)19(24)13-28-20(25)15-9-14-5-2-3-7-17(14)27-12-15/h2-9H,10-13H2,1H3,(H,21,23). The summed E-state index contributed by atoms with van der Waals surface area (Å²) in [6, 6.07) is 10.8. The Balaban J connectivity index is 1.43. The molecule has 2 amide bonds. The van der Waals surface area contributed by atoms with E-state index in [4.69, 9.17) is 13.9 Å². The molecule has 0 bridgehead atoms. The highest BCUT2D eigenvalue weighted by Gasteiger charge is 2.20. The van der Waals surface area contributed by atoms with E-state index in [1.54, 1.807) is 18.2 Å². The number of likely N-dealkylation sites (N-methyl/N-ethyl adjacent to an activating group) is 1. The molecule has 0 spiro atoms. The van der Waals surface area contributed by atoms with E-state index >= 15 is 0 Å². The van der Waals surface area contributed by atoms with Crippen molar-refractivity contribution in [3.8, 4) is 5.75 Å². The van der Waals surface area contributed by atoms with Gasteiger partial charge < -0.3 is 24.1 Å². The number of rotatable bonds is 7. The minimum atomic E-state index is -0.626. The van der Waals surface area contributed by atoms with Gasteiger partial charge in [-0.15, -0.1) is 0 Å². The minimum Gasteiger partial charge on any atom is -0.488 e. The summed E-state index contributed by atoms with van der Waals surface area (Å²) in [5, 5.41) is 2.64. The predicted molar refractivity (Wildman–Crippen MR) is 99.1 cm³/mol. The van der Waals surface area contributed by atoms with Crippen molar-refractivity contribution in [3.05, 3.63) is 59.6 Å². The maximum Gasteiger partial charge on any atom is 0.338 e. The summed E-state index contributed by atoms with van der Waals surface area (Å²) in [7, 11) is 1.46. The Morgan fingerprint density at radius 3 is 2.79 bits per heavy atom. The minimum absolute atomic E-state index is 0.0784. The lowest BCUT2D eigenvalue weighted by Crippen LogP contribution is -2.40. The molecule has 0 unspecified atom stereocenters. The van der Waals surface area contributed by atoms with Gasteiger partial charge in [0.2, 0.25) is 5.91 Å². The third-order valence-electron chi connectivity index (χ3n) is 4.07. The summed E-state index contributed by atoms with van der Waals surface area (Å²) in [4.78, 5) is 37.3. The number of benzene rings is 1. The zero-order valence-electron chi connectivity index (χ0n) is 15.3. The fraction of sp³-hybridized carbons (Fsp3) is 0.250. The van der Waals surface area contributed by atoms with Crippen molar-refractivity contribution in [2.45, 2.75) is 6.54 Å². The Morgan fingerprint density at radius 1 is 1.18 bits per heavy atom. The molecule has 0 radical (unpaired) electrons. The molecule has 8 heteroatoms. The summed E-state index contributed by atoms with van der Waals surface area (Å²) >= 11 is 0. The highest BCUT2D eigenvalue weighted by Crippen LogP contribution is 2.26. The summed E-state index contributed by atoms with van der Waals surface area (Å²) in [6.07, 6.45) is 3.19. The average molecular weight is 384 g/mol. The van der Waals surface area contributed by atoms with Crippen LogP contribution in [0.3, 0.4) is 0 Å². The molecule has 0 aliphatic carbocycles. The molecular formula is C20H20N2O6. The van der Waals surface area contributed by atoms with Crippen LogP contribution in [-0.4, -0.2) is 49.5 Å². The molecule has 0 atom stereocenters. The van der Waals surface area contributed by atoms with E-state index in [0.717, 1.165) is 5.56 Å². The van der Waals surface area contributed by atoms with Gasteiger partial charge in [-0.25, -0.2) is 4.79 Å². The SMILES string of the molecule is CN(CC(=O)NCc1ccco1)C(=O)COC(=O)C1=Cc2ccccc2OC1. The van der Waals surface area contributed by atoms with E-state index in [0.29, 0.717) is 17.1 Å². The molecule has 0 saturated carbocycles. The zero-order valence-corrected chi connectivity index (χ0v) is 15.3. The fourth-order valence-electron chi connectivity index (χ4n) is 2.52. The molecule has 2 aromatic rings. The van der Waals surface area contributed by atoms with Crippen LogP contribution in [0.15, 0.2) is 52.7 Å². The topological polar surface area (TPSA) is 98.1 Å². The number of carbonyl (C=O) groups is 3. The summed E-state index contributed by atoms with van der Waals surface area (Å²) in [6.45, 7) is -0.302. The Hall–Kier alpha value is -3.55. The number of carbonyl (C=O) groups excluding carboxylic acids is 3. The Kier molecular flexibility index (Phi) is 6.11. The van der Waals surface area contributed by atoms with Crippen LogP contribution in [0, 0.1) is 0 Å². The van der Waals surface area contributed by atoms with E-state index < -0.39 is 18.5 Å². The molecule has 1 aliphatic rings. The van der Waals surface area contributed by atoms with E-state index in [2.05, 4.69) is 5.32 Å². The normalized spacial score (nSPS) is 12.2. The fourth-order valence-corrected chi connectivity index (χ4v) is 2.52. The molecule has 0 saturated heterocycles. The highest BCUT2D eigenvalue weighted by molar-refractivity contribution is 5.96. The lowest BCUT2D eigenvalue weighted by Gasteiger charge is -2.18. The number of hydrogen-bond acceptors (Lipinski definition) is 6. The number of hydrogen-bond donors (Lipinski definition) is 1. The molecule has 146 valence electrons. The number of furan rings is 1. The highest BCUT2D eigenvalue weighted by atomic mass is 16.5. The average Bonchev–Trinajstić information content (AvgIpc) is 3.23. The molecule has 28 heavy (non-hydrogen) atoms. The van der Waals surface area contributed by atoms with E-state index in [9.17, 15) is 14.4 Å². The number of nitrogens with zero attached hydrogens (tertiary/aromatic N) is 1. The van der Waals surface area contributed by atoms with Gasteiger partial charge in [0.1, 0.15) is 18.1 Å². The van der Waals surface area contributed by atoms with Crippen LogP contribution in [0.1, 0.15) is 11.3 Å². The molecule has 3 rings (SSSR count).